The molecule has 1 aliphatic heterocycles. The molecule has 1 aliphatic carbocycles. The van der Waals surface area contributed by atoms with E-state index in [9.17, 15) is 4.79 Å². The van der Waals surface area contributed by atoms with Gasteiger partial charge in [0.15, 0.2) is 0 Å². The number of nitrogens with zero attached hydrogens (tertiary/aromatic N) is 1. The van der Waals surface area contributed by atoms with Gasteiger partial charge in [0.05, 0.1) is 0 Å². The van der Waals surface area contributed by atoms with E-state index >= 15 is 0 Å². The first-order valence-corrected chi connectivity index (χ1v) is 9.15. The minimum Gasteiger partial charge on any atom is -0.399 e. The maximum atomic E-state index is 10.7. The average Bonchev–Trinajstić information content (AvgIpc) is 2.58. The quantitative estimate of drug-likeness (QED) is 0.524. The normalized spacial score (nSPS) is 30.1. The smallest absolute Gasteiger partial charge is 0.208 e. The number of rotatable bonds is 8. The molecule has 3 atom stereocenters. The minimum atomic E-state index is -0.424. The molecule has 0 saturated carbocycles. The van der Waals surface area contributed by atoms with Gasteiger partial charge in [0, 0.05) is 11.9 Å². The fraction of sp³-hybridized carbons (Fsp3) is 0.600. The van der Waals surface area contributed by atoms with Crippen LogP contribution in [0.1, 0.15) is 58.8 Å². The van der Waals surface area contributed by atoms with E-state index in [1.54, 1.807) is 0 Å². The molecule has 0 saturated heterocycles. The molecule has 0 spiro atoms. The second-order valence-corrected chi connectivity index (χ2v) is 7.17. The van der Waals surface area contributed by atoms with E-state index in [0.29, 0.717) is 11.8 Å². The van der Waals surface area contributed by atoms with Gasteiger partial charge >= 0.3 is 0 Å². The summed E-state index contributed by atoms with van der Waals surface area (Å²) >= 11 is 0. The van der Waals surface area contributed by atoms with Crippen molar-refractivity contribution in [2.75, 3.05) is 0 Å². The zero-order chi connectivity index (χ0) is 17.4. The highest BCUT2D eigenvalue weighted by atomic mass is 16.1. The van der Waals surface area contributed by atoms with Gasteiger partial charge < -0.3 is 11.1 Å². The summed E-state index contributed by atoms with van der Waals surface area (Å²) in [5.74, 6) is 1.20. The molecule has 1 amide bonds. The number of nitrogens with one attached hydrogen (secondary N) is 1. The van der Waals surface area contributed by atoms with E-state index in [1.807, 2.05) is 13.1 Å². The SMILES string of the molecule is CCC1C=C(/C(N)=C\CCCC2CC=N[C@](C)(NC=O)C2)C=CC1. The number of aliphatic imine (C=N–C) groups is 1. The second-order valence-electron chi connectivity index (χ2n) is 7.17. The molecule has 24 heavy (non-hydrogen) atoms. The fourth-order valence-electron chi connectivity index (χ4n) is 3.55. The van der Waals surface area contributed by atoms with Crippen LogP contribution in [-0.2, 0) is 4.79 Å². The van der Waals surface area contributed by atoms with Gasteiger partial charge in [-0.15, -0.1) is 0 Å². The highest BCUT2D eigenvalue weighted by Gasteiger charge is 2.28. The maximum Gasteiger partial charge on any atom is 0.208 e. The molecule has 0 aromatic rings. The van der Waals surface area contributed by atoms with Crippen molar-refractivity contribution in [2.45, 2.75) is 64.5 Å². The monoisotopic (exact) mass is 329 g/mol. The van der Waals surface area contributed by atoms with Crippen molar-refractivity contribution >= 4 is 12.6 Å². The van der Waals surface area contributed by atoms with Gasteiger partial charge in [0.2, 0.25) is 6.41 Å². The molecule has 2 rings (SSSR count). The first-order chi connectivity index (χ1) is 11.6. The molecule has 3 N–H and O–H groups in total. The van der Waals surface area contributed by atoms with Gasteiger partial charge in [-0.2, -0.15) is 0 Å². The number of hydrogen-bond acceptors (Lipinski definition) is 3. The topological polar surface area (TPSA) is 67.5 Å². The molecule has 4 nitrogen and oxygen atoms in total. The van der Waals surface area contributed by atoms with Crippen LogP contribution in [0.25, 0.3) is 0 Å². The van der Waals surface area contributed by atoms with Crippen molar-refractivity contribution in [3.63, 3.8) is 0 Å². The molecule has 2 unspecified atom stereocenters. The van der Waals surface area contributed by atoms with Gasteiger partial charge in [0.1, 0.15) is 5.66 Å². The third-order valence-corrected chi connectivity index (χ3v) is 5.06. The Labute approximate surface area is 146 Å². The number of carbonyl (C=O) groups excluding carboxylic acids is 1. The fourth-order valence-corrected chi connectivity index (χ4v) is 3.55. The van der Waals surface area contributed by atoms with Crippen molar-refractivity contribution in [3.8, 4) is 0 Å². The molecular weight excluding hydrogens is 298 g/mol. The Morgan fingerprint density at radius 1 is 1.50 bits per heavy atom. The zero-order valence-electron chi connectivity index (χ0n) is 15.0. The number of hydrogen-bond donors (Lipinski definition) is 2. The number of amides is 1. The zero-order valence-corrected chi connectivity index (χ0v) is 15.0. The van der Waals surface area contributed by atoms with Crippen LogP contribution in [0.5, 0.6) is 0 Å². The lowest BCUT2D eigenvalue weighted by atomic mass is 9.87. The maximum absolute atomic E-state index is 10.7. The molecule has 0 aromatic heterocycles. The molecule has 0 aromatic carbocycles. The van der Waals surface area contributed by atoms with Crippen molar-refractivity contribution in [1.29, 1.82) is 0 Å². The van der Waals surface area contributed by atoms with E-state index < -0.39 is 5.66 Å². The molecule has 0 radical (unpaired) electrons. The van der Waals surface area contributed by atoms with Crippen LogP contribution in [0, 0.1) is 11.8 Å². The van der Waals surface area contributed by atoms with Gasteiger partial charge in [-0.05, 0) is 69.3 Å². The van der Waals surface area contributed by atoms with Crippen molar-refractivity contribution in [2.24, 2.45) is 22.6 Å². The van der Waals surface area contributed by atoms with Crippen molar-refractivity contribution in [1.82, 2.24) is 5.32 Å². The van der Waals surface area contributed by atoms with E-state index in [-0.39, 0.29) is 0 Å². The number of carbonyl (C=O) groups is 1. The lowest BCUT2D eigenvalue weighted by Crippen LogP contribution is -2.43. The van der Waals surface area contributed by atoms with Gasteiger partial charge in [0.25, 0.3) is 0 Å². The Hall–Kier alpha value is -1.84. The van der Waals surface area contributed by atoms with E-state index in [1.165, 1.54) is 5.57 Å². The van der Waals surface area contributed by atoms with Crippen molar-refractivity contribution in [3.05, 3.63) is 35.6 Å². The highest BCUT2D eigenvalue weighted by Crippen LogP contribution is 2.28. The lowest BCUT2D eigenvalue weighted by Gasteiger charge is -2.32. The Morgan fingerprint density at radius 3 is 3.08 bits per heavy atom. The van der Waals surface area contributed by atoms with Gasteiger partial charge in [-0.1, -0.05) is 31.2 Å². The number of allylic oxidation sites excluding steroid dienone is 4. The summed E-state index contributed by atoms with van der Waals surface area (Å²) in [6.45, 7) is 4.20. The van der Waals surface area contributed by atoms with Crippen LogP contribution in [0.4, 0.5) is 0 Å². The first-order valence-electron chi connectivity index (χ1n) is 9.15. The summed E-state index contributed by atoms with van der Waals surface area (Å²) in [4.78, 5) is 15.1. The Kier molecular flexibility index (Phi) is 6.83. The largest absolute Gasteiger partial charge is 0.399 e. The summed E-state index contributed by atoms with van der Waals surface area (Å²) in [6.07, 6.45) is 19.0. The minimum absolute atomic E-state index is 0.424. The van der Waals surface area contributed by atoms with Crippen LogP contribution >= 0.6 is 0 Å². The predicted molar refractivity (Wildman–Crippen MR) is 101 cm³/mol. The van der Waals surface area contributed by atoms with Crippen LogP contribution < -0.4 is 11.1 Å². The Balaban J connectivity index is 1.78. The van der Waals surface area contributed by atoms with Crippen LogP contribution in [-0.4, -0.2) is 18.3 Å². The third kappa shape index (κ3) is 5.36. The molecule has 2 aliphatic rings. The van der Waals surface area contributed by atoms with E-state index in [2.05, 4.69) is 41.5 Å². The summed E-state index contributed by atoms with van der Waals surface area (Å²) in [5, 5.41) is 2.83. The van der Waals surface area contributed by atoms with Crippen molar-refractivity contribution < 1.29 is 4.79 Å². The summed E-state index contributed by atoms with van der Waals surface area (Å²) in [5.41, 5.74) is 7.90. The van der Waals surface area contributed by atoms with E-state index in [4.69, 9.17) is 5.73 Å². The Bertz CT molecular complexity index is 547. The van der Waals surface area contributed by atoms with Crippen LogP contribution in [0.2, 0.25) is 0 Å². The number of nitrogens with two attached hydrogens (primary N) is 1. The summed E-state index contributed by atoms with van der Waals surface area (Å²) < 4.78 is 0. The van der Waals surface area contributed by atoms with Crippen LogP contribution in [0.15, 0.2) is 40.6 Å². The molecular formula is C20H31N3O. The molecule has 0 bridgehead atoms. The summed E-state index contributed by atoms with van der Waals surface area (Å²) in [7, 11) is 0. The second kappa shape index (κ2) is 8.86. The first kappa shape index (κ1) is 18.5. The molecule has 4 heteroatoms. The lowest BCUT2D eigenvalue weighted by molar-refractivity contribution is -0.111. The van der Waals surface area contributed by atoms with Crippen LogP contribution in [0.3, 0.4) is 0 Å². The molecule has 0 fully saturated rings. The average molecular weight is 329 g/mol. The Morgan fingerprint density at radius 2 is 2.33 bits per heavy atom. The predicted octanol–water partition coefficient (Wildman–Crippen LogP) is 3.85. The molecule has 132 valence electrons. The van der Waals surface area contributed by atoms with E-state index in [0.717, 1.165) is 57.1 Å². The highest BCUT2D eigenvalue weighted by molar-refractivity contribution is 5.60. The molecule has 1 heterocycles. The number of unbranched alkanes of at least 4 members (excludes halogenated alkanes) is 1. The van der Waals surface area contributed by atoms with Gasteiger partial charge in [-0.3, -0.25) is 9.79 Å². The van der Waals surface area contributed by atoms with Gasteiger partial charge in [-0.25, -0.2) is 0 Å². The summed E-state index contributed by atoms with van der Waals surface area (Å²) in [6, 6.07) is 0. The third-order valence-electron chi connectivity index (χ3n) is 5.06. The standard InChI is InChI=1S/C20H31N3O/c1-3-16-8-6-9-18(13-16)19(21)10-5-4-7-17-11-12-22-20(2,14-17)23-15-24/h6,9-10,12-13,15-17H,3-5,7-8,11,14,21H2,1-2H3,(H,23,24)/b19-10+/t16?,17?,20-/m1/s1.